The maximum Gasteiger partial charge on any atom is 0.306 e. The van der Waals surface area contributed by atoms with Gasteiger partial charge in [0.2, 0.25) is 0 Å². The maximum atomic E-state index is 13.4. The van der Waals surface area contributed by atoms with Gasteiger partial charge in [-0.05, 0) is 49.4 Å². The van der Waals surface area contributed by atoms with Gasteiger partial charge in [-0.15, -0.1) is 0 Å². The van der Waals surface area contributed by atoms with Gasteiger partial charge in [0.15, 0.2) is 0 Å². The van der Waals surface area contributed by atoms with E-state index in [-0.39, 0.29) is 5.82 Å². The molecule has 1 N–H and O–H groups in total. The predicted octanol–water partition coefficient (Wildman–Crippen LogP) is 3.08. The Balaban J connectivity index is 2.24. The van der Waals surface area contributed by atoms with Gasteiger partial charge in [0, 0.05) is 18.8 Å². The molecule has 0 saturated carbocycles. The second kappa shape index (κ2) is 6.04. The summed E-state index contributed by atoms with van der Waals surface area (Å²) in [5, 5.41) is 9.01. The number of halogens is 1. The van der Waals surface area contributed by atoms with E-state index in [4.69, 9.17) is 5.11 Å². The highest BCUT2D eigenvalue weighted by Gasteiger charge is 2.19. The summed E-state index contributed by atoms with van der Waals surface area (Å²) in [6, 6.07) is 4.72. The molecule has 2 rings (SSSR count). The lowest BCUT2D eigenvalue weighted by Crippen LogP contribution is -2.30. The molecule has 0 bridgehead atoms. The number of anilines is 1. The third-order valence-corrected chi connectivity index (χ3v) is 3.69. The van der Waals surface area contributed by atoms with Crippen molar-refractivity contribution in [3.05, 3.63) is 29.6 Å². The van der Waals surface area contributed by atoms with Crippen LogP contribution in [0.1, 0.15) is 31.7 Å². The quantitative estimate of drug-likeness (QED) is 0.909. The minimum absolute atomic E-state index is 0.298. The molecule has 1 aromatic rings. The Morgan fingerprint density at radius 1 is 1.37 bits per heavy atom. The minimum atomic E-state index is -0.839. The summed E-state index contributed by atoms with van der Waals surface area (Å²) in [6.45, 7) is 3.60. The Kier molecular flexibility index (Phi) is 4.40. The number of hydrogen-bond donors (Lipinski definition) is 1. The van der Waals surface area contributed by atoms with Gasteiger partial charge in [0.1, 0.15) is 5.82 Å². The second-order valence-corrected chi connectivity index (χ2v) is 5.26. The molecule has 1 aromatic carbocycles. The number of hydrogen-bond acceptors (Lipinski definition) is 2. The van der Waals surface area contributed by atoms with E-state index in [1.807, 2.05) is 0 Å². The van der Waals surface area contributed by atoms with Gasteiger partial charge in [-0.25, -0.2) is 4.39 Å². The average molecular weight is 265 g/mol. The summed E-state index contributed by atoms with van der Waals surface area (Å²) < 4.78 is 13.4. The van der Waals surface area contributed by atoms with Crippen LogP contribution in [0.5, 0.6) is 0 Å². The first-order valence-corrected chi connectivity index (χ1v) is 6.84. The molecule has 0 aromatic heterocycles. The number of carbonyl (C=O) groups is 1. The number of nitrogens with zero attached hydrogens (tertiary/aromatic N) is 1. The molecule has 1 saturated heterocycles. The molecule has 1 unspecified atom stereocenters. The standard InChI is InChI=1S/C15H20FNO2/c1-11(15(18)19)9-12-10-13(16)5-6-14(12)17-7-3-2-4-8-17/h5-6,10-11H,2-4,7-9H2,1H3,(H,18,19). The molecule has 1 aliphatic heterocycles. The molecule has 1 heterocycles. The smallest absolute Gasteiger partial charge is 0.306 e. The molecule has 19 heavy (non-hydrogen) atoms. The fourth-order valence-electron chi connectivity index (χ4n) is 2.58. The Bertz CT molecular complexity index is 455. The lowest BCUT2D eigenvalue weighted by molar-refractivity contribution is -0.141. The molecule has 1 aliphatic rings. The van der Waals surface area contributed by atoms with Crippen LogP contribution in [-0.4, -0.2) is 24.2 Å². The van der Waals surface area contributed by atoms with E-state index in [9.17, 15) is 9.18 Å². The molecule has 0 spiro atoms. The van der Waals surface area contributed by atoms with Crippen molar-refractivity contribution in [2.75, 3.05) is 18.0 Å². The van der Waals surface area contributed by atoms with Crippen LogP contribution in [0.4, 0.5) is 10.1 Å². The Morgan fingerprint density at radius 2 is 2.05 bits per heavy atom. The van der Waals surface area contributed by atoms with E-state index >= 15 is 0 Å². The summed E-state index contributed by atoms with van der Waals surface area (Å²) in [5.74, 6) is -1.63. The van der Waals surface area contributed by atoms with Crippen molar-refractivity contribution in [2.24, 2.45) is 5.92 Å². The van der Waals surface area contributed by atoms with E-state index in [1.165, 1.54) is 18.6 Å². The Hall–Kier alpha value is -1.58. The lowest BCUT2D eigenvalue weighted by Gasteiger charge is -2.31. The molecular formula is C15H20FNO2. The number of aliphatic carboxylic acids is 1. The van der Waals surface area contributed by atoms with Crippen LogP contribution in [0, 0.1) is 11.7 Å². The van der Waals surface area contributed by atoms with Crippen LogP contribution in [0.25, 0.3) is 0 Å². The normalized spacial score (nSPS) is 17.3. The third kappa shape index (κ3) is 3.46. The van der Waals surface area contributed by atoms with E-state index < -0.39 is 11.9 Å². The first-order chi connectivity index (χ1) is 9.08. The maximum absolute atomic E-state index is 13.4. The summed E-state index contributed by atoms with van der Waals surface area (Å²) in [5.41, 5.74) is 1.80. The summed E-state index contributed by atoms with van der Waals surface area (Å²) in [6.07, 6.45) is 3.90. The van der Waals surface area contributed by atoms with E-state index in [2.05, 4.69) is 4.90 Å². The van der Waals surface area contributed by atoms with Crippen molar-refractivity contribution in [2.45, 2.75) is 32.6 Å². The Morgan fingerprint density at radius 3 is 2.68 bits per heavy atom. The molecule has 1 fully saturated rings. The van der Waals surface area contributed by atoms with Crippen LogP contribution < -0.4 is 4.90 Å². The van der Waals surface area contributed by atoms with Gasteiger partial charge < -0.3 is 10.0 Å². The Labute approximate surface area is 113 Å². The van der Waals surface area contributed by atoms with E-state index in [1.54, 1.807) is 13.0 Å². The summed E-state index contributed by atoms with van der Waals surface area (Å²) in [4.78, 5) is 13.2. The zero-order chi connectivity index (χ0) is 13.8. The lowest BCUT2D eigenvalue weighted by atomic mass is 9.98. The first kappa shape index (κ1) is 13.8. The second-order valence-electron chi connectivity index (χ2n) is 5.26. The largest absolute Gasteiger partial charge is 0.481 e. The predicted molar refractivity (Wildman–Crippen MR) is 73.0 cm³/mol. The monoisotopic (exact) mass is 265 g/mol. The molecule has 3 nitrogen and oxygen atoms in total. The van der Waals surface area contributed by atoms with Gasteiger partial charge in [-0.2, -0.15) is 0 Å². The van der Waals surface area contributed by atoms with Crippen molar-refractivity contribution in [3.8, 4) is 0 Å². The van der Waals surface area contributed by atoms with Crippen LogP contribution >= 0.6 is 0 Å². The van der Waals surface area contributed by atoms with Gasteiger partial charge in [0.05, 0.1) is 5.92 Å². The first-order valence-electron chi connectivity index (χ1n) is 6.84. The van der Waals surface area contributed by atoms with E-state index in [0.717, 1.165) is 37.2 Å². The van der Waals surface area contributed by atoms with Crippen molar-refractivity contribution >= 4 is 11.7 Å². The van der Waals surface area contributed by atoms with Crippen LogP contribution in [0.3, 0.4) is 0 Å². The van der Waals surface area contributed by atoms with Crippen molar-refractivity contribution in [1.82, 2.24) is 0 Å². The van der Waals surface area contributed by atoms with Crippen molar-refractivity contribution < 1.29 is 14.3 Å². The summed E-state index contributed by atoms with van der Waals surface area (Å²) in [7, 11) is 0. The molecule has 0 radical (unpaired) electrons. The van der Waals surface area contributed by atoms with Crippen molar-refractivity contribution in [3.63, 3.8) is 0 Å². The van der Waals surface area contributed by atoms with Gasteiger partial charge in [-0.1, -0.05) is 6.92 Å². The number of benzene rings is 1. The molecule has 104 valence electrons. The third-order valence-electron chi connectivity index (χ3n) is 3.69. The van der Waals surface area contributed by atoms with Crippen LogP contribution in [-0.2, 0) is 11.2 Å². The number of rotatable bonds is 4. The molecule has 0 amide bonds. The average Bonchev–Trinajstić information content (AvgIpc) is 2.39. The SMILES string of the molecule is CC(Cc1cc(F)ccc1N1CCCCC1)C(=O)O. The highest BCUT2D eigenvalue weighted by Crippen LogP contribution is 2.27. The number of carboxylic acid groups (broad SMARTS) is 1. The topological polar surface area (TPSA) is 40.5 Å². The van der Waals surface area contributed by atoms with Gasteiger partial charge >= 0.3 is 5.97 Å². The van der Waals surface area contributed by atoms with Crippen molar-refractivity contribution in [1.29, 1.82) is 0 Å². The van der Waals surface area contributed by atoms with E-state index in [0.29, 0.717) is 6.42 Å². The van der Waals surface area contributed by atoms with Gasteiger partial charge in [0.25, 0.3) is 0 Å². The molecular weight excluding hydrogens is 245 g/mol. The molecule has 4 heteroatoms. The van der Waals surface area contributed by atoms with Crippen LogP contribution in [0.2, 0.25) is 0 Å². The zero-order valence-corrected chi connectivity index (χ0v) is 11.2. The fourth-order valence-corrected chi connectivity index (χ4v) is 2.58. The number of piperidine rings is 1. The van der Waals surface area contributed by atoms with Gasteiger partial charge in [-0.3, -0.25) is 4.79 Å². The molecule has 1 atom stereocenters. The highest BCUT2D eigenvalue weighted by atomic mass is 19.1. The van der Waals surface area contributed by atoms with Crippen LogP contribution in [0.15, 0.2) is 18.2 Å². The fraction of sp³-hybridized carbons (Fsp3) is 0.533. The highest BCUT2D eigenvalue weighted by molar-refractivity contribution is 5.70. The number of carboxylic acids is 1. The zero-order valence-electron chi connectivity index (χ0n) is 11.2. The minimum Gasteiger partial charge on any atom is -0.481 e. The molecule has 0 aliphatic carbocycles. The summed E-state index contributed by atoms with van der Waals surface area (Å²) >= 11 is 0.